The van der Waals surface area contributed by atoms with E-state index < -0.39 is 0 Å². The Kier molecular flexibility index (Phi) is 3.75. The molecule has 1 aliphatic heterocycles. The summed E-state index contributed by atoms with van der Waals surface area (Å²) >= 11 is 0. The number of aromatic nitrogens is 2. The number of nitrogens with zero attached hydrogens (tertiary/aromatic N) is 2. The quantitative estimate of drug-likeness (QED) is 0.829. The van der Waals surface area contributed by atoms with E-state index in [1.807, 2.05) is 6.92 Å². The third-order valence-corrected chi connectivity index (χ3v) is 2.75. The Labute approximate surface area is 99.4 Å². The molecule has 2 N–H and O–H groups in total. The Balaban J connectivity index is 2.02. The third kappa shape index (κ3) is 2.83. The van der Waals surface area contributed by atoms with Gasteiger partial charge in [0.15, 0.2) is 0 Å². The summed E-state index contributed by atoms with van der Waals surface area (Å²) in [5.74, 6) is 0.232. The molecule has 0 aromatic carbocycles. The van der Waals surface area contributed by atoms with E-state index in [0.717, 1.165) is 12.8 Å². The molecule has 0 amide bonds. The predicted octanol–water partition coefficient (Wildman–Crippen LogP) is 0.540. The van der Waals surface area contributed by atoms with Crippen molar-refractivity contribution < 1.29 is 9.47 Å². The Morgan fingerprint density at radius 1 is 1.65 bits per heavy atom. The summed E-state index contributed by atoms with van der Waals surface area (Å²) in [6.45, 7) is 3.19. The zero-order chi connectivity index (χ0) is 12.3. The molecule has 1 aromatic heterocycles. The number of anilines is 1. The van der Waals surface area contributed by atoms with Crippen LogP contribution in [0.3, 0.4) is 0 Å². The van der Waals surface area contributed by atoms with Crippen LogP contribution in [-0.4, -0.2) is 28.9 Å². The van der Waals surface area contributed by atoms with E-state index in [2.05, 4.69) is 4.98 Å². The molecule has 1 aliphatic rings. The summed E-state index contributed by atoms with van der Waals surface area (Å²) in [5.41, 5.74) is 5.07. The average molecular weight is 239 g/mol. The molecule has 2 rings (SSSR count). The fraction of sp³-hybridized carbons (Fsp3) is 0.636. The minimum Gasteiger partial charge on any atom is -0.383 e. The minimum absolute atomic E-state index is 0.0596. The third-order valence-electron chi connectivity index (χ3n) is 2.75. The molecule has 1 aromatic rings. The minimum atomic E-state index is -0.368. The molecule has 2 heterocycles. The average Bonchev–Trinajstić information content (AvgIpc) is 2.75. The van der Waals surface area contributed by atoms with Crippen molar-refractivity contribution in [1.29, 1.82) is 0 Å². The predicted molar refractivity (Wildman–Crippen MR) is 62.5 cm³/mol. The molecule has 17 heavy (non-hydrogen) atoms. The summed E-state index contributed by atoms with van der Waals surface area (Å²) in [6, 6.07) is 1.60. The molecule has 0 saturated carbocycles. The Bertz CT molecular complexity index is 432. The number of hydrogen-bond donors (Lipinski definition) is 1. The molecule has 1 fully saturated rings. The Morgan fingerprint density at radius 2 is 2.47 bits per heavy atom. The van der Waals surface area contributed by atoms with Gasteiger partial charge in [0.2, 0.25) is 0 Å². The largest absolute Gasteiger partial charge is 0.383 e. The highest BCUT2D eigenvalue weighted by molar-refractivity contribution is 5.23. The maximum atomic E-state index is 11.6. The van der Waals surface area contributed by atoms with Crippen LogP contribution in [0.2, 0.25) is 0 Å². The highest BCUT2D eigenvalue weighted by Crippen LogP contribution is 2.27. The highest BCUT2D eigenvalue weighted by Gasteiger charge is 2.27. The molecule has 0 radical (unpaired) electrons. The van der Waals surface area contributed by atoms with Crippen molar-refractivity contribution in [3.05, 3.63) is 22.7 Å². The van der Waals surface area contributed by atoms with Gasteiger partial charge in [0.1, 0.15) is 12.0 Å². The molecule has 0 bridgehead atoms. The highest BCUT2D eigenvalue weighted by atomic mass is 16.5. The number of nitrogens with two attached hydrogens (primary N) is 1. The summed E-state index contributed by atoms with van der Waals surface area (Å²) in [5, 5.41) is 0. The lowest BCUT2D eigenvalue weighted by Crippen LogP contribution is -2.27. The van der Waals surface area contributed by atoms with Gasteiger partial charge in [-0.25, -0.2) is 4.79 Å². The fourth-order valence-corrected chi connectivity index (χ4v) is 1.91. The van der Waals surface area contributed by atoms with Crippen LogP contribution in [0.15, 0.2) is 17.1 Å². The molecular formula is C11H17N3O3. The zero-order valence-electron chi connectivity index (χ0n) is 9.83. The Hall–Kier alpha value is -1.40. The topological polar surface area (TPSA) is 79.4 Å². The first kappa shape index (κ1) is 12.1. The van der Waals surface area contributed by atoms with E-state index in [1.165, 1.54) is 4.57 Å². The summed E-state index contributed by atoms with van der Waals surface area (Å²) in [7, 11) is 0. The van der Waals surface area contributed by atoms with Gasteiger partial charge in [-0.1, -0.05) is 0 Å². The van der Waals surface area contributed by atoms with E-state index in [-0.39, 0.29) is 23.8 Å². The Morgan fingerprint density at radius 3 is 3.18 bits per heavy atom. The first-order chi connectivity index (χ1) is 8.20. The van der Waals surface area contributed by atoms with E-state index >= 15 is 0 Å². The van der Waals surface area contributed by atoms with E-state index in [1.54, 1.807) is 12.3 Å². The van der Waals surface area contributed by atoms with Crippen molar-refractivity contribution in [1.82, 2.24) is 9.55 Å². The van der Waals surface area contributed by atoms with Crippen LogP contribution in [0.5, 0.6) is 0 Å². The first-order valence-corrected chi connectivity index (χ1v) is 5.78. The van der Waals surface area contributed by atoms with Crippen molar-refractivity contribution in [2.75, 3.05) is 18.9 Å². The second-order valence-electron chi connectivity index (χ2n) is 3.99. The van der Waals surface area contributed by atoms with Gasteiger partial charge in [-0.05, 0) is 25.8 Å². The van der Waals surface area contributed by atoms with Crippen molar-refractivity contribution >= 4 is 5.82 Å². The van der Waals surface area contributed by atoms with Gasteiger partial charge < -0.3 is 15.2 Å². The molecular weight excluding hydrogens is 222 g/mol. The lowest BCUT2D eigenvalue weighted by atomic mass is 10.2. The van der Waals surface area contributed by atoms with E-state index in [9.17, 15) is 4.79 Å². The molecule has 2 unspecified atom stereocenters. The monoisotopic (exact) mass is 239 g/mol. The zero-order valence-corrected chi connectivity index (χ0v) is 9.83. The van der Waals surface area contributed by atoms with Gasteiger partial charge in [0.25, 0.3) is 0 Å². The van der Waals surface area contributed by atoms with Gasteiger partial charge in [0.05, 0.1) is 12.7 Å². The molecule has 0 spiro atoms. The van der Waals surface area contributed by atoms with Crippen molar-refractivity contribution in [2.24, 2.45) is 0 Å². The maximum Gasteiger partial charge on any atom is 0.351 e. The van der Waals surface area contributed by atoms with Gasteiger partial charge in [0, 0.05) is 12.8 Å². The van der Waals surface area contributed by atoms with Crippen molar-refractivity contribution in [3.8, 4) is 0 Å². The number of nitrogen functional groups attached to an aromatic ring is 1. The standard InChI is InChI=1S/C11H17N3O3/c1-2-16-7-8-3-4-10(17-8)14-6-5-9(12)13-11(14)15/h5-6,8,10H,2-4,7H2,1H3,(H2,12,13,15). The van der Waals surface area contributed by atoms with Gasteiger partial charge >= 0.3 is 5.69 Å². The van der Waals surface area contributed by atoms with E-state index in [4.69, 9.17) is 15.2 Å². The molecule has 6 nitrogen and oxygen atoms in total. The number of rotatable bonds is 4. The van der Waals surface area contributed by atoms with Crippen molar-refractivity contribution in [2.45, 2.75) is 32.1 Å². The normalized spacial score (nSPS) is 24.1. The first-order valence-electron chi connectivity index (χ1n) is 5.78. The van der Waals surface area contributed by atoms with Crippen LogP contribution in [-0.2, 0) is 9.47 Å². The van der Waals surface area contributed by atoms with Crippen LogP contribution in [0.4, 0.5) is 5.82 Å². The van der Waals surface area contributed by atoms with Crippen LogP contribution < -0.4 is 11.4 Å². The molecule has 0 aliphatic carbocycles. The smallest absolute Gasteiger partial charge is 0.351 e. The molecule has 1 saturated heterocycles. The number of hydrogen-bond acceptors (Lipinski definition) is 5. The van der Waals surface area contributed by atoms with Gasteiger partial charge in [-0.15, -0.1) is 0 Å². The van der Waals surface area contributed by atoms with Crippen LogP contribution in [0, 0.1) is 0 Å². The van der Waals surface area contributed by atoms with Crippen molar-refractivity contribution in [3.63, 3.8) is 0 Å². The SMILES string of the molecule is CCOCC1CCC(n2ccc(N)nc2=O)O1. The molecule has 94 valence electrons. The maximum absolute atomic E-state index is 11.6. The fourth-order valence-electron chi connectivity index (χ4n) is 1.91. The summed E-state index contributed by atoms with van der Waals surface area (Å²) < 4.78 is 12.5. The second kappa shape index (κ2) is 5.29. The molecule has 6 heteroatoms. The number of ether oxygens (including phenoxy) is 2. The van der Waals surface area contributed by atoms with Crippen LogP contribution in [0.1, 0.15) is 26.0 Å². The lowest BCUT2D eigenvalue weighted by molar-refractivity contribution is -0.0408. The molecule has 2 atom stereocenters. The summed E-state index contributed by atoms with van der Waals surface area (Å²) in [6.07, 6.45) is 3.12. The van der Waals surface area contributed by atoms with E-state index in [0.29, 0.717) is 13.2 Å². The van der Waals surface area contributed by atoms with Gasteiger partial charge in [-0.2, -0.15) is 4.98 Å². The lowest BCUT2D eigenvalue weighted by Gasteiger charge is -2.15. The van der Waals surface area contributed by atoms with Gasteiger partial charge in [-0.3, -0.25) is 4.57 Å². The second-order valence-corrected chi connectivity index (χ2v) is 3.99. The van der Waals surface area contributed by atoms with Crippen LogP contribution in [0.25, 0.3) is 0 Å². The summed E-state index contributed by atoms with van der Waals surface area (Å²) in [4.78, 5) is 15.3. The van der Waals surface area contributed by atoms with Crippen LogP contribution >= 0.6 is 0 Å².